The number of benzene rings is 2. The maximum absolute atomic E-state index is 13.3. The van der Waals surface area contributed by atoms with Crippen LogP contribution >= 0.6 is 11.6 Å². The van der Waals surface area contributed by atoms with E-state index >= 15 is 0 Å². The Labute approximate surface area is 189 Å². The van der Waals surface area contributed by atoms with E-state index in [4.69, 9.17) is 16.3 Å². The number of carbonyl (C=O) groups excluding carboxylic acids is 2. The molecule has 3 rings (SSSR count). The molecular weight excluding hydrogens is 414 g/mol. The van der Waals surface area contributed by atoms with E-state index in [1.54, 1.807) is 35.1 Å². The van der Waals surface area contributed by atoms with Crippen LogP contribution in [0.25, 0.3) is 0 Å². The fraction of sp³-hybridized carbons (Fsp3) is 0.417. The van der Waals surface area contributed by atoms with Crippen molar-refractivity contribution < 1.29 is 14.3 Å². The summed E-state index contributed by atoms with van der Waals surface area (Å²) in [6, 6.07) is 12.8. The zero-order chi connectivity index (χ0) is 22.6. The molecule has 1 aliphatic heterocycles. The van der Waals surface area contributed by atoms with Crippen LogP contribution in [0.2, 0.25) is 5.02 Å². The monoisotopic (exact) mass is 443 g/mol. The Morgan fingerprint density at radius 3 is 2.61 bits per heavy atom. The highest BCUT2D eigenvalue weighted by molar-refractivity contribution is 6.30. The lowest BCUT2D eigenvalue weighted by molar-refractivity contribution is -0.117. The minimum absolute atomic E-state index is 0.0591. The van der Waals surface area contributed by atoms with Gasteiger partial charge in [-0.15, -0.1) is 0 Å². The Morgan fingerprint density at radius 1 is 1.16 bits per heavy atom. The minimum atomic E-state index is -0.108. The Hall–Kier alpha value is -2.73. The summed E-state index contributed by atoms with van der Waals surface area (Å²) in [5.74, 6) is 0.531. The number of urea groups is 1. The van der Waals surface area contributed by atoms with E-state index in [-0.39, 0.29) is 17.4 Å². The molecule has 0 spiro atoms. The number of hydrogen-bond donors (Lipinski definition) is 1. The molecule has 31 heavy (non-hydrogen) atoms. The molecule has 0 unspecified atom stereocenters. The summed E-state index contributed by atoms with van der Waals surface area (Å²) >= 11 is 6.10. The predicted molar refractivity (Wildman–Crippen MR) is 125 cm³/mol. The minimum Gasteiger partial charge on any atom is -0.495 e. The lowest BCUT2D eigenvalue weighted by atomic mass is 9.92. The van der Waals surface area contributed by atoms with Crippen molar-refractivity contribution >= 4 is 34.9 Å². The highest BCUT2D eigenvalue weighted by Gasteiger charge is 2.29. The van der Waals surface area contributed by atoms with Crippen molar-refractivity contribution in [1.82, 2.24) is 4.90 Å². The van der Waals surface area contributed by atoms with E-state index in [0.29, 0.717) is 48.2 Å². The first kappa shape index (κ1) is 22.9. The van der Waals surface area contributed by atoms with Crippen LogP contribution in [0.5, 0.6) is 5.75 Å². The van der Waals surface area contributed by atoms with Crippen molar-refractivity contribution in [2.24, 2.45) is 5.41 Å². The highest BCUT2D eigenvalue weighted by Crippen LogP contribution is 2.34. The maximum Gasteiger partial charge on any atom is 0.324 e. The summed E-state index contributed by atoms with van der Waals surface area (Å²) in [5.41, 5.74) is 2.17. The zero-order valence-corrected chi connectivity index (χ0v) is 19.3. The summed E-state index contributed by atoms with van der Waals surface area (Å²) in [6.07, 6.45) is 1.24. The first-order valence-corrected chi connectivity index (χ1v) is 10.8. The maximum atomic E-state index is 13.3. The molecule has 0 atom stereocenters. The molecule has 2 aromatic rings. The van der Waals surface area contributed by atoms with Crippen molar-refractivity contribution in [1.29, 1.82) is 0 Å². The van der Waals surface area contributed by atoms with Crippen molar-refractivity contribution in [3.63, 3.8) is 0 Å². The van der Waals surface area contributed by atoms with E-state index in [1.807, 2.05) is 45.0 Å². The second-order valence-corrected chi connectivity index (χ2v) is 9.45. The van der Waals surface area contributed by atoms with Gasteiger partial charge in [0.25, 0.3) is 0 Å². The van der Waals surface area contributed by atoms with Crippen LogP contribution in [0.15, 0.2) is 42.5 Å². The van der Waals surface area contributed by atoms with Crippen molar-refractivity contribution in [3.8, 4) is 5.75 Å². The van der Waals surface area contributed by atoms with Gasteiger partial charge in [0.2, 0.25) is 5.91 Å². The molecule has 0 radical (unpaired) electrons. The molecule has 1 heterocycles. The van der Waals surface area contributed by atoms with Gasteiger partial charge in [0.05, 0.1) is 12.8 Å². The first-order chi connectivity index (χ1) is 14.7. The van der Waals surface area contributed by atoms with Gasteiger partial charge in [0.15, 0.2) is 0 Å². The van der Waals surface area contributed by atoms with Gasteiger partial charge in [-0.25, -0.2) is 4.79 Å². The largest absolute Gasteiger partial charge is 0.495 e. The number of ether oxygens (including phenoxy) is 1. The molecule has 1 aliphatic rings. The van der Waals surface area contributed by atoms with Crippen molar-refractivity contribution in [2.75, 3.05) is 30.4 Å². The third kappa shape index (κ3) is 6.14. The molecule has 0 aliphatic carbocycles. The molecule has 7 heteroatoms. The summed E-state index contributed by atoms with van der Waals surface area (Å²) in [5, 5.41) is 3.59. The van der Waals surface area contributed by atoms with Gasteiger partial charge >= 0.3 is 6.03 Å². The number of carbonyl (C=O) groups is 2. The molecule has 3 amide bonds. The second kappa shape index (κ2) is 9.60. The van der Waals surface area contributed by atoms with E-state index in [2.05, 4.69) is 5.32 Å². The van der Waals surface area contributed by atoms with Gasteiger partial charge in [-0.2, -0.15) is 0 Å². The molecule has 0 bridgehead atoms. The van der Waals surface area contributed by atoms with E-state index in [1.165, 1.54) is 0 Å². The van der Waals surface area contributed by atoms with Crippen LogP contribution in [-0.4, -0.2) is 37.0 Å². The summed E-state index contributed by atoms with van der Waals surface area (Å²) < 4.78 is 5.51. The standard InChI is InChI=1S/C24H30ClN3O3/c1-24(2,3)15-22(29)26-19-9-10-21(31-4)20(14-19)28-12-6-11-27(23(28)30)16-17-7-5-8-18(25)13-17/h5,7-10,13-14H,6,11-12,15-16H2,1-4H3,(H,26,29). The van der Waals surface area contributed by atoms with Gasteiger partial charge in [-0.1, -0.05) is 44.5 Å². The SMILES string of the molecule is COc1ccc(NC(=O)CC(C)(C)C)cc1N1CCCN(Cc2cccc(Cl)c2)C1=O. The van der Waals surface area contributed by atoms with Gasteiger partial charge < -0.3 is 15.0 Å². The lowest BCUT2D eigenvalue weighted by Gasteiger charge is -2.36. The number of halogens is 1. The van der Waals surface area contributed by atoms with Crippen LogP contribution in [0.3, 0.4) is 0 Å². The quantitative estimate of drug-likeness (QED) is 0.636. The third-order valence-corrected chi connectivity index (χ3v) is 5.25. The van der Waals surface area contributed by atoms with Crippen LogP contribution in [0, 0.1) is 5.41 Å². The van der Waals surface area contributed by atoms with Gasteiger partial charge in [0, 0.05) is 36.8 Å². The van der Waals surface area contributed by atoms with Crippen molar-refractivity contribution in [2.45, 2.75) is 40.2 Å². The van der Waals surface area contributed by atoms with Crippen LogP contribution < -0.4 is 15.0 Å². The fourth-order valence-electron chi connectivity index (χ4n) is 3.67. The molecule has 0 aromatic heterocycles. The number of amides is 3. The Bertz CT molecular complexity index is 955. The normalized spacial score (nSPS) is 14.5. The Kier molecular flexibility index (Phi) is 7.11. The first-order valence-electron chi connectivity index (χ1n) is 10.4. The fourth-order valence-corrected chi connectivity index (χ4v) is 3.89. The summed E-state index contributed by atoms with van der Waals surface area (Å²) in [7, 11) is 1.58. The molecule has 166 valence electrons. The number of methoxy groups -OCH3 is 1. The van der Waals surface area contributed by atoms with Crippen LogP contribution in [-0.2, 0) is 11.3 Å². The molecule has 1 fully saturated rings. The predicted octanol–water partition coefficient (Wildman–Crippen LogP) is 5.56. The second-order valence-electron chi connectivity index (χ2n) is 9.01. The average molecular weight is 444 g/mol. The summed E-state index contributed by atoms with van der Waals surface area (Å²) in [4.78, 5) is 29.2. The van der Waals surface area contributed by atoms with Crippen molar-refractivity contribution in [3.05, 3.63) is 53.1 Å². The molecular formula is C24H30ClN3O3. The van der Waals surface area contributed by atoms with Gasteiger partial charge in [-0.3, -0.25) is 9.69 Å². The van der Waals surface area contributed by atoms with E-state index in [0.717, 1.165) is 12.0 Å². The highest BCUT2D eigenvalue weighted by atomic mass is 35.5. The molecule has 2 aromatic carbocycles. The number of anilines is 2. The average Bonchev–Trinajstić information content (AvgIpc) is 2.68. The number of nitrogens with zero attached hydrogens (tertiary/aromatic N) is 2. The topological polar surface area (TPSA) is 61.9 Å². The summed E-state index contributed by atoms with van der Waals surface area (Å²) in [6.45, 7) is 7.81. The van der Waals surface area contributed by atoms with Gasteiger partial charge in [0.1, 0.15) is 5.75 Å². The molecule has 1 N–H and O–H groups in total. The third-order valence-electron chi connectivity index (χ3n) is 5.02. The smallest absolute Gasteiger partial charge is 0.324 e. The zero-order valence-electron chi connectivity index (χ0n) is 18.6. The lowest BCUT2D eigenvalue weighted by Crippen LogP contribution is -2.49. The number of rotatable bonds is 6. The van der Waals surface area contributed by atoms with Crippen LogP contribution in [0.1, 0.15) is 39.2 Å². The van der Waals surface area contributed by atoms with Gasteiger partial charge in [-0.05, 0) is 47.7 Å². The Morgan fingerprint density at radius 2 is 1.94 bits per heavy atom. The van der Waals surface area contributed by atoms with Crippen LogP contribution in [0.4, 0.5) is 16.2 Å². The molecule has 0 saturated carbocycles. The van der Waals surface area contributed by atoms with E-state index < -0.39 is 0 Å². The molecule has 1 saturated heterocycles. The number of nitrogens with one attached hydrogen (secondary N) is 1. The van der Waals surface area contributed by atoms with E-state index in [9.17, 15) is 9.59 Å². The molecule has 6 nitrogen and oxygen atoms in total. The number of hydrogen-bond acceptors (Lipinski definition) is 3. The Balaban J connectivity index is 1.81.